The molecule has 0 N–H and O–H groups in total. The molecule has 1 aromatic heterocycles. The summed E-state index contributed by atoms with van der Waals surface area (Å²) in [7, 11) is 0. The van der Waals surface area contributed by atoms with Crippen LogP contribution < -0.4 is 4.74 Å². The normalized spacial score (nSPS) is 10.5. The lowest BCUT2D eigenvalue weighted by Gasteiger charge is -2.13. The number of rotatable bonds is 4. The van der Waals surface area contributed by atoms with E-state index in [-0.39, 0.29) is 0 Å². The Kier molecular flexibility index (Phi) is 4.08. The van der Waals surface area contributed by atoms with Crippen LogP contribution in [0.1, 0.15) is 31.1 Å². The maximum atomic E-state index is 9.02. The Morgan fingerprint density at radius 1 is 1.47 bits per heavy atom. The van der Waals surface area contributed by atoms with E-state index in [1.807, 2.05) is 4.57 Å². The van der Waals surface area contributed by atoms with Gasteiger partial charge in [-0.05, 0) is 26.0 Å². The van der Waals surface area contributed by atoms with Gasteiger partial charge in [-0.25, -0.2) is 4.98 Å². The number of ether oxygens (including phenoxy) is 1. The fraction of sp³-hybridized carbons (Fsp3) is 0.286. The van der Waals surface area contributed by atoms with Crippen molar-refractivity contribution in [1.29, 1.82) is 5.26 Å². The van der Waals surface area contributed by atoms with Crippen molar-refractivity contribution >= 4 is 11.6 Å². The number of benzene rings is 1. The van der Waals surface area contributed by atoms with Crippen molar-refractivity contribution in [3.8, 4) is 11.8 Å². The average Bonchev–Trinajstić information content (AvgIpc) is 2.85. The molecular formula is C14H14ClN3O. The van der Waals surface area contributed by atoms with Gasteiger partial charge in [0.2, 0.25) is 0 Å². The van der Waals surface area contributed by atoms with Crippen molar-refractivity contribution in [1.82, 2.24) is 9.55 Å². The third kappa shape index (κ3) is 3.07. The Hall–Kier alpha value is -1.99. The van der Waals surface area contributed by atoms with Gasteiger partial charge in [0.25, 0.3) is 0 Å². The molecule has 0 spiro atoms. The Morgan fingerprint density at radius 3 is 2.95 bits per heavy atom. The molecule has 0 aliphatic carbocycles. The van der Waals surface area contributed by atoms with Gasteiger partial charge in [-0.1, -0.05) is 11.6 Å². The monoisotopic (exact) mass is 275 g/mol. The Morgan fingerprint density at radius 2 is 2.26 bits per heavy atom. The number of aromatic nitrogens is 2. The van der Waals surface area contributed by atoms with Crippen LogP contribution in [0, 0.1) is 11.3 Å². The van der Waals surface area contributed by atoms with Crippen LogP contribution in [0.5, 0.6) is 5.75 Å². The number of hydrogen-bond acceptors (Lipinski definition) is 3. The molecule has 0 aliphatic rings. The fourth-order valence-corrected chi connectivity index (χ4v) is 1.93. The maximum absolute atomic E-state index is 9.02. The molecule has 0 saturated heterocycles. The lowest BCUT2D eigenvalue weighted by Crippen LogP contribution is -2.07. The number of nitriles is 1. The van der Waals surface area contributed by atoms with Gasteiger partial charge in [0.15, 0.2) is 0 Å². The first-order chi connectivity index (χ1) is 9.11. The molecule has 0 unspecified atom stereocenters. The summed E-state index contributed by atoms with van der Waals surface area (Å²) >= 11 is 5.91. The summed E-state index contributed by atoms with van der Waals surface area (Å²) in [5.41, 5.74) is 1.43. The molecule has 0 radical (unpaired) electrons. The summed E-state index contributed by atoms with van der Waals surface area (Å²) < 4.78 is 7.70. The van der Waals surface area contributed by atoms with Gasteiger partial charge >= 0.3 is 0 Å². The molecule has 0 saturated carbocycles. The van der Waals surface area contributed by atoms with Gasteiger partial charge in [-0.2, -0.15) is 5.26 Å². The summed E-state index contributed by atoms with van der Waals surface area (Å²) in [6, 6.07) is 7.37. The van der Waals surface area contributed by atoms with Gasteiger partial charge in [0.05, 0.1) is 23.8 Å². The van der Waals surface area contributed by atoms with Crippen LogP contribution in [0.25, 0.3) is 0 Å². The first-order valence-corrected chi connectivity index (χ1v) is 6.32. The topological polar surface area (TPSA) is 50.8 Å². The van der Waals surface area contributed by atoms with E-state index in [9.17, 15) is 0 Å². The van der Waals surface area contributed by atoms with E-state index < -0.39 is 0 Å². The van der Waals surface area contributed by atoms with Crippen molar-refractivity contribution in [2.75, 3.05) is 0 Å². The van der Waals surface area contributed by atoms with Crippen molar-refractivity contribution in [2.45, 2.75) is 26.5 Å². The first-order valence-electron chi connectivity index (χ1n) is 5.95. The highest BCUT2D eigenvalue weighted by Crippen LogP contribution is 2.24. The van der Waals surface area contributed by atoms with E-state index >= 15 is 0 Å². The Labute approximate surface area is 117 Å². The van der Waals surface area contributed by atoms with Gasteiger partial charge in [0, 0.05) is 17.1 Å². The number of hydrogen-bond donors (Lipinski definition) is 0. The van der Waals surface area contributed by atoms with Crippen molar-refractivity contribution < 1.29 is 4.74 Å². The molecule has 1 aromatic carbocycles. The molecule has 0 aliphatic heterocycles. The Balaban J connectivity index is 2.17. The molecule has 1 heterocycles. The summed E-state index contributed by atoms with van der Waals surface area (Å²) in [5.74, 6) is 0.492. The van der Waals surface area contributed by atoms with Crippen LogP contribution in [-0.4, -0.2) is 9.55 Å². The second kappa shape index (κ2) is 5.77. The zero-order valence-electron chi connectivity index (χ0n) is 10.8. The van der Waals surface area contributed by atoms with E-state index in [1.165, 1.54) is 0 Å². The lowest BCUT2D eigenvalue weighted by atomic mass is 10.2. The molecule has 19 heavy (non-hydrogen) atoms. The third-order valence-corrected chi connectivity index (χ3v) is 2.98. The standard InChI is InChI=1S/C14H14ClN3O/c1-10(2)18-9-17-7-13(18)8-19-14-5-12(15)4-3-11(14)6-16/h3-5,7,9-10H,8H2,1-2H3. The van der Waals surface area contributed by atoms with E-state index in [0.717, 1.165) is 5.69 Å². The van der Waals surface area contributed by atoms with Gasteiger partial charge in [-0.15, -0.1) is 0 Å². The van der Waals surface area contributed by atoms with Crippen LogP contribution in [-0.2, 0) is 6.61 Å². The van der Waals surface area contributed by atoms with Gasteiger partial charge in [0.1, 0.15) is 18.4 Å². The van der Waals surface area contributed by atoms with Crippen LogP contribution in [0.2, 0.25) is 5.02 Å². The SMILES string of the molecule is CC(C)n1cncc1COc1cc(Cl)ccc1C#N. The van der Waals surface area contributed by atoms with Crippen LogP contribution in [0.15, 0.2) is 30.7 Å². The molecule has 2 rings (SSSR count). The highest BCUT2D eigenvalue weighted by Gasteiger charge is 2.08. The molecular weight excluding hydrogens is 262 g/mol. The molecule has 0 atom stereocenters. The quantitative estimate of drug-likeness (QED) is 0.857. The summed E-state index contributed by atoms with van der Waals surface area (Å²) in [4.78, 5) is 4.11. The zero-order valence-corrected chi connectivity index (χ0v) is 11.6. The average molecular weight is 276 g/mol. The Bertz CT molecular complexity index is 613. The van der Waals surface area contributed by atoms with Crippen molar-refractivity contribution in [3.63, 3.8) is 0 Å². The maximum Gasteiger partial charge on any atom is 0.139 e. The highest BCUT2D eigenvalue weighted by molar-refractivity contribution is 6.30. The fourth-order valence-electron chi connectivity index (χ4n) is 1.77. The second-order valence-electron chi connectivity index (χ2n) is 4.43. The molecule has 2 aromatic rings. The van der Waals surface area contributed by atoms with E-state index in [4.69, 9.17) is 21.6 Å². The van der Waals surface area contributed by atoms with Crippen LogP contribution >= 0.6 is 11.6 Å². The predicted molar refractivity (Wildman–Crippen MR) is 73.1 cm³/mol. The third-order valence-electron chi connectivity index (χ3n) is 2.74. The number of halogens is 1. The zero-order chi connectivity index (χ0) is 13.8. The van der Waals surface area contributed by atoms with E-state index in [0.29, 0.717) is 29.0 Å². The molecule has 4 nitrogen and oxygen atoms in total. The first kappa shape index (κ1) is 13.4. The minimum Gasteiger partial charge on any atom is -0.486 e. The second-order valence-corrected chi connectivity index (χ2v) is 4.86. The minimum atomic E-state index is 0.316. The van der Waals surface area contributed by atoms with Crippen molar-refractivity contribution in [3.05, 3.63) is 47.0 Å². The highest BCUT2D eigenvalue weighted by atomic mass is 35.5. The predicted octanol–water partition coefficient (Wildman–Crippen LogP) is 3.57. The van der Waals surface area contributed by atoms with Crippen LogP contribution in [0.3, 0.4) is 0 Å². The molecule has 0 amide bonds. The minimum absolute atomic E-state index is 0.316. The summed E-state index contributed by atoms with van der Waals surface area (Å²) in [6.07, 6.45) is 3.53. The van der Waals surface area contributed by atoms with Gasteiger partial charge < -0.3 is 9.30 Å². The largest absolute Gasteiger partial charge is 0.486 e. The summed E-state index contributed by atoms with van der Waals surface area (Å²) in [5, 5.41) is 9.57. The van der Waals surface area contributed by atoms with E-state index in [1.54, 1.807) is 30.7 Å². The molecule has 0 bridgehead atoms. The van der Waals surface area contributed by atoms with Crippen LogP contribution in [0.4, 0.5) is 0 Å². The summed E-state index contributed by atoms with van der Waals surface area (Å²) in [6.45, 7) is 4.50. The smallest absolute Gasteiger partial charge is 0.139 e. The molecule has 98 valence electrons. The molecule has 0 fully saturated rings. The number of nitrogens with zero attached hydrogens (tertiary/aromatic N) is 3. The van der Waals surface area contributed by atoms with Crippen molar-refractivity contribution in [2.24, 2.45) is 0 Å². The van der Waals surface area contributed by atoms with Gasteiger partial charge in [-0.3, -0.25) is 0 Å². The molecule has 5 heteroatoms. The number of imidazole rings is 1. The lowest BCUT2D eigenvalue weighted by molar-refractivity contribution is 0.291. The van der Waals surface area contributed by atoms with E-state index in [2.05, 4.69) is 24.9 Å².